The van der Waals surface area contributed by atoms with Crippen molar-refractivity contribution in [1.29, 1.82) is 5.26 Å². The van der Waals surface area contributed by atoms with Gasteiger partial charge in [-0.1, -0.05) is 36.4 Å². The Hall–Kier alpha value is -3.13. The van der Waals surface area contributed by atoms with Gasteiger partial charge in [0, 0.05) is 17.2 Å². The standard InChI is InChI=1S/C19H19N3O2/c1-13(2)22-18(23)12-21-19(24)17-10-6-5-9-16(17)15-8-4-3-7-14(15)11-20/h3-10,13H,12H2,1-2H3,(H,21,24)(H,22,23). The first-order valence-electron chi connectivity index (χ1n) is 7.69. The topological polar surface area (TPSA) is 82.0 Å². The zero-order valence-electron chi connectivity index (χ0n) is 13.7. The second-order valence-electron chi connectivity index (χ2n) is 5.61. The number of nitrogens with zero attached hydrogens (tertiary/aromatic N) is 1. The Bertz CT molecular complexity index is 791. The van der Waals surface area contributed by atoms with Crippen LogP contribution in [0.2, 0.25) is 0 Å². The molecule has 0 aliphatic rings. The van der Waals surface area contributed by atoms with E-state index in [0.717, 1.165) is 0 Å². The highest BCUT2D eigenvalue weighted by Crippen LogP contribution is 2.26. The van der Waals surface area contributed by atoms with Crippen LogP contribution in [-0.4, -0.2) is 24.4 Å². The second kappa shape index (κ2) is 7.93. The first-order valence-corrected chi connectivity index (χ1v) is 7.69. The van der Waals surface area contributed by atoms with Gasteiger partial charge in [-0.05, 0) is 31.5 Å². The molecule has 0 aliphatic carbocycles. The van der Waals surface area contributed by atoms with Gasteiger partial charge in [-0.2, -0.15) is 5.26 Å². The van der Waals surface area contributed by atoms with Crippen molar-refractivity contribution in [1.82, 2.24) is 10.6 Å². The molecule has 0 aromatic heterocycles. The SMILES string of the molecule is CC(C)NC(=O)CNC(=O)c1ccccc1-c1ccccc1C#N. The number of rotatable bonds is 5. The first-order chi connectivity index (χ1) is 11.5. The molecule has 0 bridgehead atoms. The quantitative estimate of drug-likeness (QED) is 0.887. The van der Waals surface area contributed by atoms with E-state index >= 15 is 0 Å². The third kappa shape index (κ3) is 4.20. The maximum atomic E-state index is 12.5. The number of nitriles is 1. The van der Waals surface area contributed by atoms with Gasteiger partial charge in [-0.25, -0.2) is 0 Å². The van der Waals surface area contributed by atoms with Crippen LogP contribution in [0.3, 0.4) is 0 Å². The van der Waals surface area contributed by atoms with Crippen molar-refractivity contribution in [3.63, 3.8) is 0 Å². The van der Waals surface area contributed by atoms with E-state index < -0.39 is 0 Å². The number of nitrogens with one attached hydrogen (secondary N) is 2. The minimum absolute atomic E-state index is 0.0178. The summed E-state index contributed by atoms with van der Waals surface area (Å²) in [5, 5.41) is 14.6. The van der Waals surface area contributed by atoms with Crippen molar-refractivity contribution in [2.24, 2.45) is 0 Å². The Morgan fingerprint density at radius 3 is 2.33 bits per heavy atom. The highest BCUT2D eigenvalue weighted by atomic mass is 16.2. The molecule has 0 spiro atoms. The molecule has 0 heterocycles. The van der Waals surface area contributed by atoms with E-state index in [-0.39, 0.29) is 24.4 Å². The normalized spacial score (nSPS) is 10.1. The van der Waals surface area contributed by atoms with E-state index in [0.29, 0.717) is 22.3 Å². The molecule has 5 nitrogen and oxygen atoms in total. The van der Waals surface area contributed by atoms with Crippen molar-refractivity contribution in [2.75, 3.05) is 6.54 Å². The third-order valence-corrected chi connectivity index (χ3v) is 3.37. The predicted octanol–water partition coefficient (Wildman–Crippen LogP) is 2.48. The van der Waals surface area contributed by atoms with Gasteiger partial charge in [0.05, 0.1) is 18.2 Å². The molecule has 2 aromatic rings. The van der Waals surface area contributed by atoms with Gasteiger partial charge >= 0.3 is 0 Å². The van der Waals surface area contributed by atoms with Crippen LogP contribution in [0.1, 0.15) is 29.8 Å². The van der Waals surface area contributed by atoms with Crippen LogP contribution in [0.5, 0.6) is 0 Å². The summed E-state index contributed by atoms with van der Waals surface area (Å²) >= 11 is 0. The van der Waals surface area contributed by atoms with Gasteiger partial charge < -0.3 is 10.6 Å². The van der Waals surface area contributed by atoms with Crippen LogP contribution < -0.4 is 10.6 Å². The number of carbonyl (C=O) groups excluding carboxylic acids is 2. The molecule has 24 heavy (non-hydrogen) atoms. The summed E-state index contributed by atoms with van der Waals surface area (Å²) in [4.78, 5) is 24.1. The summed E-state index contributed by atoms with van der Waals surface area (Å²) in [7, 11) is 0. The summed E-state index contributed by atoms with van der Waals surface area (Å²) in [6.07, 6.45) is 0. The lowest BCUT2D eigenvalue weighted by molar-refractivity contribution is -0.120. The third-order valence-electron chi connectivity index (χ3n) is 3.37. The fraction of sp³-hybridized carbons (Fsp3) is 0.211. The minimum atomic E-state index is -0.350. The Morgan fingerprint density at radius 1 is 1.04 bits per heavy atom. The van der Waals surface area contributed by atoms with Crippen molar-refractivity contribution >= 4 is 11.8 Å². The molecule has 2 N–H and O–H groups in total. The number of amides is 2. The van der Waals surface area contributed by atoms with Crippen molar-refractivity contribution in [3.8, 4) is 17.2 Å². The maximum absolute atomic E-state index is 12.5. The summed E-state index contributed by atoms with van der Waals surface area (Å²) in [6.45, 7) is 3.62. The molecule has 0 saturated heterocycles. The zero-order chi connectivity index (χ0) is 17.5. The smallest absolute Gasteiger partial charge is 0.252 e. The molecular weight excluding hydrogens is 302 g/mol. The lowest BCUT2D eigenvalue weighted by Crippen LogP contribution is -2.39. The molecule has 0 unspecified atom stereocenters. The average Bonchev–Trinajstić information content (AvgIpc) is 2.59. The summed E-state index contributed by atoms with van der Waals surface area (Å²) in [5.74, 6) is -0.592. The molecule has 2 aromatic carbocycles. The molecule has 0 atom stereocenters. The van der Waals surface area contributed by atoms with Crippen molar-refractivity contribution in [3.05, 3.63) is 59.7 Å². The van der Waals surface area contributed by atoms with E-state index in [4.69, 9.17) is 0 Å². The first kappa shape index (κ1) is 17.2. The predicted molar refractivity (Wildman–Crippen MR) is 92.2 cm³/mol. The second-order valence-corrected chi connectivity index (χ2v) is 5.61. The summed E-state index contributed by atoms with van der Waals surface area (Å²) in [6, 6.07) is 16.3. The minimum Gasteiger partial charge on any atom is -0.352 e. The van der Waals surface area contributed by atoms with Gasteiger partial charge in [0.1, 0.15) is 0 Å². The highest BCUT2D eigenvalue weighted by molar-refractivity contribution is 6.02. The van der Waals surface area contributed by atoms with Crippen LogP contribution in [0.25, 0.3) is 11.1 Å². The van der Waals surface area contributed by atoms with Crippen molar-refractivity contribution < 1.29 is 9.59 Å². The maximum Gasteiger partial charge on any atom is 0.252 e. The lowest BCUT2D eigenvalue weighted by atomic mass is 9.95. The molecule has 0 saturated carbocycles. The van der Waals surface area contributed by atoms with Crippen LogP contribution in [-0.2, 0) is 4.79 Å². The van der Waals surface area contributed by atoms with Gasteiger partial charge in [-0.3, -0.25) is 9.59 Å². The molecule has 5 heteroatoms. The van der Waals surface area contributed by atoms with Gasteiger partial charge in [0.25, 0.3) is 5.91 Å². The van der Waals surface area contributed by atoms with E-state index in [1.165, 1.54) is 0 Å². The van der Waals surface area contributed by atoms with E-state index in [9.17, 15) is 14.9 Å². The van der Waals surface area contributed by atoms with Crippen LogP contribution >= 0.6 is 0 Å². The zero-order valence-corrected chi connectivity index (χ0v) is 13.7. The van der Waals surface area contributed by atoms with Crippen LogP contribution in [0, 0.1) is 11.3 Å². The van der Waals surface area contributed by atoms with E-state index in [2.05, 4.69) is 16.7 Å². The monoisotopic (exact) mass is 321 g/mol. The highest BCUT2D eigenvalue weighted by Gasteiger charge is 2.15. The number of benzene rings is 2. The summed E-state index contributed by atoms with van der Waals surface area (Å²) in [5.41, 5.74) is 2.28. The molecule has 2 rings (SSSR count). The van der Waals surface area contributed by atoms with Crippen LogP contribution in [0.15, 0.2) is 48.5 Å². The number of carbonyl (C=O) groups is 2. The van der Waals surface area contributed by atoms with E-state index in [1.807, 2.05) is 26.0 Å². The molecule has 0 fully saturated rings. The molecule has 0 aliphatic heterocycles. The Balaban J connectivity index is 2.25. The van der Waals surface area contributed by atoms with E-state index in [1.54, 1.807) is 36.4 Å². The van der Waals surface area contributed by atoms with Gasteiger partial charge in [-0.15, -0.1) is 0 Å². The van der Waals surface area contributed by atoms with Gasteiger partial charge in [0.15, 0.2) is 0 Å². The molecular formula is C19H19N3O2. The Kier molecular flexibility index (Phi) is 5.69. The molecule has 2 amide bonds. The molecule has 0 radical (unpaired) electrons. The van der Waals surface area contributed by atoms with Crippen LogP contribution in [0.4, 0.5) is 0 Å². The fourth-order valence-electron chi connectivity index (χ4n) is 2.36. The Morgan fingerprint density at radius 2 is 1.67 bits per heavy atom. The lowest BCUT2D eigenvalue weighted by Gasteiger charge is -2.12. The van der Waals surface area contributed by atoms with Crippen molar-refractivity contribution in [2.45, 2.75) is 19.9 Å². The van der Waals surface area contributed by atoms with Gasteiger partial charge in [0.2, 0.25) is 5.91 Å². The number of hydrogen-bond donors (Lipinski definition) is 2. The summed E-state index contributed by atoms with van der Waals surface area (Å²) < 4.78 is 0. The average molecular weight is 321 g/mol. The fourth-order valence-corrected chi connectivity index (χ4v) is 2.36. The molecule has 122 valence electrons. The Labute approximate surface area is 141 Å². The largest absolute Gasteiger partial charge is 0.352 e. The number of hydrogen-bond acceptors (Lipinski definition) is 3.